The Labute approximate surface area is 133 Å². The summed E-state index contributed by atoms with van der Waals surface area (Å²) < 4.78 is 5.20. The SMILES string of the molecule is CCC(CC)C(=O)NCC1CCN(c2ccc(OC)cc2)C1. The fourth-order valence-electron chi connectivity index (χ4n) is 3.08. The van der Waals surface area contributed by atoms with Crippen LogP contribution in [0.4, 0.5) is 5.69 Å². The van der Waals surface area contributed by atoms with Crippen molar-refractivity contribution in [2.75, 3.05) is 31.6 Å². The van der Waals surface area contributed by atoms with E-state index >= 15 is 0 Å². The Hall–Kier alpha value is -1.71. The maximum absolute atomic E-state index is 12.0. The topological polar surface area (TPSA) is 41.6 Å². The van der Waals surface area contributed by atoms with Crippen molar-refractivity contribution in [1.82, 2.24) is 5.32 Å². The molecule has 0 bridgehead atoms. The molecule has 0 aliphatic carbocycles. The summed E-state index contributed by atoms with van der Waals surface area (Å²) in [7, 11) is 1.68. The van der Waals surface area contributed by atoms with Crippen LogP contribution in [0.5, 0.6) is 5.75 Å². The highest BCUT2D eigenvalue weighted by atomic mass is 16.5. The highest BCUT2D eigenvalue weighted by molar-refractivity contribution is 5.78. The number of benzene rings is 1. The molecule has 1 amide bonds. The van der Waals surface area contributed by atoms with Crippen molar-refractivity contribution in [2.45, 2.75) is 33.1 Å². The highest BCUT2D eigenvalue weighted by Crippen LogP contribution is 2.25. The van der Waals surface area contributed by atoms with Crippen molar-refractivity contribution in [2.24, 2.45) is 11.8 Å². The summed E-state index contributed by atoms with van der Waals surface area (Å²) in [5, 5.41) is 3.13. The molecular weight excluding hydrogens is 276 g/mol. The summed E-state index contributed by atoms with van der Waals surface area (Å²) in [6.45, 7) is 7.01. The zero-order chi connectivity index (χ0) is 15.9. The number of hydrogen-bond donors (Lipinski definition) is 1. The second kappa shape index (κ2) is 8.06. The number of nitrogens with zero attached hydrogens (tertiary/aromatic N) is 1. The first-order valence-electron chi connectivity index (χ1n) is 8.34. The largest absolute Gasteiger partial charge is 0.497 e. The molecule has 1 aromatic carbocycles. The Morgan fingerprint density at radius 2 is 2.00 bits per heavy atom. The van der Waals surface area contributed by atoms with Gasteiger partial charge in [-0.1, -0.05) is 13.8 Å². The van der Waals surface area contributed by atoms with E-state index in [1.165, 1.54) is 5.69 Å². The van der Waals surface area contributed by atoms with E-state index in [0.717, 1.165) is 44.6 Å². The number of methoxy groups -OCH3 is 1. The molecule has 1 saturated heterocycles. The quantitative estimate of drug-likeness (QED) is 0.841. The molecule has 1 aliphatic rings. The van der Waals surface area contributed by atoms with Crippen LogP contribution in [-0.2, 0) is 4.79 Å². The number of carbonyl (C=O) groups is 1. The molecule has 0 spiro atoms. The number of nitrogens with one attached hydrogen (secondary N) is 1. The van der Waals surface area contributed by atoms with Crippen molar-refractivity contribution in [3.63, 3.8) is 0 Å². The molecule has 1 N–H and O–H groups in total. The third-order valence-corrected chi connectivity index (χ3v) is 4.64. The van der Waals surface area contributed by atoms with E-state index in [1.807, 2.05) is 12.1 Å². The van der Waals surface area contributed by atoms with E-state index in [0.29, 0.717) is 5.92 Å². The van der Waals surface area contributed by atoms with Crippen LogP contribution >= 0.6 is 0 Å². The van der Waals surface area contributed by atoms with Gasteiger partial charge in [0.1, 0.15) is 5.75 Å². The molecular formula is C18H28N2O2. The number of carbonyl (C=O) groups excluding carboxylic acids is 1. The number of anilines is 1. The standard InChI is InChI=1S/C18H28N2O2/c1-4-15(5-2)18(21)19-12-14-10-11-20(13-14)16-6-8-17(22-3)9-7-16/h6-9,14-15H,4-5,10-13H2,1-3H3,(H,19,21). The molecule has 4 nitrogen and oxygen atoms in total. The lowest BCUT2D eigenvalue weighted by Crippen LogP contribution is -2.35. The van der Waals surface area contributed by atoms with E-state index in [1.54, 1.807) is 7.11 Å². The van der Waals surface area contributed by atoms with Gasteiger partial charge in [-0.3, -0.25) is 4.79 Å². The number of amides is 1. The summed E-state index contributed by atoms with van der Waals surface area (Å²) in [5.41, 5.74) is 1.23. The van der Waals surface area contributed by atoms with Gasteiger partial charge in [0.15, 0.2) is 0 Å². The Morgan fingerprint density at radius 1 is 1.32 bits per heavy atom. The minimum atomic E-state index is 0.166. The number of rotatable bonds is 7. The fourth-order valence-corrected chi connectivity index (χ4v) is 3.08. The van der Waals surface area contributed by atoms with Crippen molar-refractivity contribution in [1.29, 1.82) is 0 Å². The Balaban J connectivity index is 1.81. The van der Waals surface area contributed by atoms with Crippen LogP contribution in [0.2, 0.25) is 0 Å². The van der Waals surface area contributed by atoms with E-state index in [2.05, 4.69) is 36.2 Å². The Bertz CT molecular complexity index is 468. The van der Waals surface area contributed by atoms with Crippen LogP contribution in [0.25, 0.3) is 0 Å². The normalized spacial score (nSPS) is 17.8. The van der Waals surface area contributed by atoms with Crippen LogP contribution in [0.1, 0.15) is 33.1 Å². The van der Waals surface area contributed by atoms with Crippen LogP contribution in [0, 0.1) is 11.8 Å². The summed E-state index contributed by atoms with van der Waals surface area (Å²) in [6.07, 6.45) is 2.98. The van der Waals surface area contributed by atoms with Gasteiger partial charge in [0.25, 0.3) is 0 Å². The fraction of sp³-hybridized carbons (Fsp3) is 0.611. The molecule has 2 rings (SSSR count). The minimum Gasteiger partial charge on any atom is -0.497 e. The first-order chi connectivity index (χ1) is 10.7. The number of ether oxygens (including phenoxy) is 1. The van der Waals surface area contributed by atoms with Crippen molar-refractivity contribution >= 4 is 11.6 Å². The van der Waals surface area contributed by atoms with Gasteiger partial charge in [0.2, 0.25) is 5.91 Å². The molecule has 1 atom stereocenters. The van der Waals surface area contributed by atoms with Crippen LogP contribution in [0.3, 0.4) is 0 Å². The zero-order valence-corrected chi connectivity index (χ0v) is 14.0. The van der Waals surface area contributed by atoms with Gasteiger partial charge in [-0.2, -0.15) is 0 Å². The second-order valence-electron chi connectivity index (χ2n) is 6.06. The summed E-state index contributed by atoms with van der Waals surface area (Å²) in [5.74, 6) is 1.81. The lowest BCUT2D eigenvalue weighted by molar-refractivity contribution is -0.125. The van der Waals surface area contributed by atoms with E-state index in [4.69, 9.17) is 4.74 Å². The van der Waals surface area contributed by atoms with Crippen molar-refractivity contribution in [3.05, 3.63) is 24.3 Å². The molecule has 22 heavy (non-hydrogen) atoms. The summed E-state index contributed by atoms with van der Waals surface area (Å²) in [6, 6.07) is 8.20. The molecule has 1 fully saturated rings. The predicted octanol–water partition coefficient (Wildman–Crippen LogP) is 3.07. The van der Waals surface area contributed by atoms with Gasteiger partial charge in [0, 0.05) is 31.2 Å². The van der Waals surface area contributed by atoms with Gasteiger partial charge in [-0.15, -0.1) is 0 Å². The lowest BCUT2D eigenvalue weighted by atomic mass is 10.0. The van der Waals surface area contributed by atoms with E-state index in [9.17, 15) is 4.79 Å². The molecule has 1 aliphatic heterocycles. The van der Waals surface area contributed by atoms with Crippen molar-refractivity contribution < 1.29 is 9.53 Å². The number of hydrogen-bond acceptors (Lipinski definition) is 3. The van der Waals surface area contributed by atoms with E-state index in [-0.39, 0.29) is 11.8 Å². The highest BCUT2D eigenvalue weighted by Gasteiger charge is 2.24. The zero-order valence-electron chi connectivity index (χ0n) is 14.0. The molecule has 1 unspecified atom stereocenters. The van der Waals surface area contributed by atoms with Crippen LogP contribution in [0.15, 0.2) is 24.3 Å². The molecule has 1 heterocycles. The third-order valence-electron chi connectivity index (χ3n) is 4.64. The molecule has 0 aromatic heterocycles. The maximum Gasteiger partial charge on any atom is 0.223 e. The first-order valence-corrected chi connectivity index (χ1v) is 8.34. The van der Waals surface area contributed by atoms with Crippen molar-refractivity contribution in [3.8, 4) is 5.75 Å². The van der Waals surface area contributed by atoms with Gasteiger partial charge >= 0.3 is 0 Å². The maximum atomic E-state index is 12.0. The molecule has 122 valence electrons. The van der Waals surface area contributed by atoms with Crippen LogP contribution in [-0.4, -0.2) is 32.7 Å². The van der Waals surface area contributed by atoms with Gasteiger partial charge in [0.05, 0.1) is 7.11 Å². The lowest BCUT2D eigenvalue weighted by Gasteiger charge is -2.20. The van der Waals surface area contributed by atoms with Gasteiger partial charge in [-0.25, -0.2) is 0 Å². The third kappa shape index (κ3) is 4.15. The van der Waals surface area contributed by atoms with Gasteiger partial charge < -0.3 is 15.0 Å². The smallest absolute Gasteiger partial charge is 0.223 e. The molecule has 1 aromatic rings. The Kier molecular flexibility index (Phi) is 6.10. The minimum absolute atomic E-state index is 0.166. The molecule has 0 saturated carbocycles. The predicted molar refractivity (Wildman–Crippen MR) is 90.4 cm³/mol. The monoisotopic (exact) mass is 304 g/mol. The first kappa shape index (κ1) is 16.7. The average Bonchev–Trinajstić information content (AvgIpc) is 3.03. The summed E-state index contributed by atoms with van der Waals surface area (Å²) >= 11 is 0. The molecule has 4 heteroatoms. The molecule has 0 radical (unpaired) electrons. The van der Waals surface area contributed by atoms with Gasteiger partial charge in [-0.05, 0) is 49.4 Å². The van der Waals surface area contributed by atoms with E-state index < -0.39 is 0 Å². The average molecular weight is 304 g/mol. The van der Waals surface area contributed by atoms with Crippen LogP contribution < -0.4 is 15.0 Å². The second-order valence-corrected chi connectivity index (χ2v) is 6.06. The Morgan fingerprint density at radius 3 is 2.59 bits per heavy atom. The summed E-state index contributed by atoms with van der Waals surface area (Å²) in [4.78, 5) is 14.4.